The minimum Gasteiger partial charge on any atom is -0.330 e. The topological polar surface area (TPSA) is 24.4 Å². The molecular weight excluding hydrogens is 299 g/mol. The molecule has 1 aromatic carbocycles. The molecule has 1 aromatic rings. The van der Waals surface area contributed by atoms with Gasteiger partial charge >= 0.3 is 0 Å². The van der Waals surface area contributed by atoms with E-state index in [-0.39, 0.29) is 17.1 Å². The Morgan fingerprint density at radius 2 is 1.50 bits per heavy atom. The number of nitrogens with one attached hydrogen (secondary N) is 1. The maximum absolute atomic E-state index is 13.5. The largest absolute Gasteiger partial charge is 0.330 e. The Labute approximate surface area is 116 Å². The summed E-state index contributed by atoms with van der Waals surface area (Å²) >= 11 is 1.17. The van der Waals surface area contributed by atoms with Crippen LogP contribution in [-0.4, -0.2) is 17.0 Å². The van der Waals surface area contributed by atoms with E-state index >= 15 is 0 Å². The molecule has 0 fully saturated rings. The van der Waals surface area contributed by atoms with Crippen LogP contribution >= 0.6 is 11.8 Å². The molecule has 0 aromatic heterocycles. The fourth-order valence-electron chi connectivity index (χ4n) is 1.62. The van der Waals surface area contributed by atoms with Gasteiger partial charge in [-0.3, -0.25) is 4.99 Å². The van der Waals surface area contributed by atoms with Crippen LogP contribution in [0.4, 0.5) is 27.6 Å². The van der Waals surface area contributed by atoms with E-state index in [1.807, 2.05) is 13.8 Å². The highest BCUT2D eigenvalue weighted by atomic mass is 32.2. The predicted octanol–water partition coefficient (Wildman–Crippen LogP) is 3.92. The third-order valence-corrected chi connectivity index (χ3v) is 3.87. The van der Waals surface area contributed by atoms with Gasteiger partial charge in [-0.2, -0.15) is 0 Å². The first-order valence-corrected chi connectivity index (χ1v) is 6.80. The number of rotatable bonds is 2. The van der Waals surface area contributed by atoms with Gasteiger partial charge in [0.25, 0.3) is 0 Å². The highest BCUT2D eigenvalue weighted by Crippen LogP contribution is 2.30. The van der Waals surface area contributed by atoms with Crippen molar-refractivity contribution in [1.82, 2.24) is 0 Å². The number of hydrogen-bond donors (Lipinski definition) is 1. The molecule has 0 unspecified atom stereocenters. The molecule has 0 aliphatic carbocycles. The number of nitrogens with zero attached hydrogens (tertiary/aromatic N) is 1. The molecule has 0 saturated heterocycles. The minimum absolute atomic E-state index is 0.0521. The lowest BCUT2D eigenvalue weighted by Crippen LogP contribution is -2.14. The van der Waals surface area contributed by atoms with Crippen molar-refractivity contribution in [3.63, 3.8) is 0 Å². The fourth-order valence-corrected chi connectivity index (χ4v) is 2.79. The van der Waals surface area contributed by atoms with E-state index in [1.54, 1.807) is 0 Å². The molecule has 110 valence electrons. The van der Waals surface area contributed by atoms with Gasteiger partial charge < -0.3 is 5.32 Å². The first kappa shape index (κ1) is 15.1. The van der Waals surface area contributed by atoms with Crippen LogP contribution in [0.5, 0.6) is 0 Å². The van der Waals surface area contributed by atoms with Crippen molar-refractivity contribution in [3.8, 4) is 0 Å². The van der Waals surface area contributed by atoms with E-state index in [0.717, 1.165) is 0 Å². The number of amidine groups is 1. The van der Waals surface area contributed by atoms with Crippen molar-refractivity contribution in [3.05, 3.63) is 29.1 Å². The first-order valence-electron chi connectivity index (χ1n) is 5.82. The van der Waals surface area contributed by atoms with Crippen molar-refractivity contribution in [2.24, 2.45) is 10.9 Å². The van der Waals surface area contributed by atoms with Crippen molar-refractivity contribution in [2.45, 2.75) is 19.9 Å². The van der Waals surface area contributed by atoms with Crippen LogP contribution in [0, 0.1) is 35.0 Å². The zero-order chi connectivity index (χ0) is 15.0. The fraction of sp³-hybridized carbons (Fsp3) is 0.417. The minimum atomic E-state index is -2.17. The van der Waals surface area contributed by atoms with Gasteiger partial charge in [0.05, 0.1) is 6.04 Å². The summed E-state index contributed by atoms with van der Waals surface area (Å²) in [5.74, 6) is -9.10. The zero-order valence-electron chi connectivity index (χ0n) is 10.6. The van der Waals surface area contributed by atoms with Crippen LogP contribution < -0.4 is 5.32 Å². The summed E-state index contributed by atoms with van der Waals surface area (Å²) in [6, 6.07) is -0.0521. The number of benzene rings is 1. The molecular formula is C12H11F5N2S. The van der Waals surface area contributed by atoms with Gasteiger partial charge in [-0.25, -0.2) is 22.0 Å². The highest BCUT2D eigenvalue weighted by molar-refractivity contribution is 8.14. The molecule has 0 bridgehead atoms. The third kappa shape index (κ3) is 2.61. The lowest BCUT2D eigenvalue weighted by molar-refractivity contribution is 0.382. The lowest BCUT2D eigenvalue weighted by Gasteiger charge is -2.10. The van der Waals surface area contributed by atoms with E-state index in [9.17, 15) is 22.0 Å². The number of aliphatic imine (C=N–C) groups is 1. The van der Waals surface area contributed by atoms with Gasteiger partial charge in [0.1, 0.15) is 5.69 Å². The Hall–Kier alpha value is -1.31. The third-order valence-electron chi connectivity index (χ3n) is 2.89. The number of anilines is 1. The second-order valence-corrected chi connectivity index (χ2v) is 5.64. The van der Waals surface area contributed by atoms with E-state index < -0.39 is 34.8 Å². The SMILES string of the molecule is CC(C)[C@H]1CSC(Nc2c(F)c(F)c(F)c(F)c2F)=N1. The summed E-state index contributed by atoms with van der Waals surface area (Å²) in [4.78, 5) is 4.14. The summed E-state index contributed by atoms with van der Waals surface area (Å²) in [6.45, 7) is 3.85. The van der Waals surface area contributed by atoms with Crippen LogP contribution in [-0.2, 0) is 0 Å². The summed E-state index contributed by atoms with van der Waals surface area (Å²) < 4.78 is 65.9. The number of thioether (sulfide) groups is 1. The van der Waals surface area contributed by atoms with Gasteiger partial charge in [0.2, 0.25) is 5.82 Å². The van der Waals surface area contributed by atoms with Crippen molar-refractivity contribution < 1.29 is 22.0 Å². The Morgan fingerprint density at radius 3 is 1.95 bits per heavy atom. The van der Waals surface area contributed by atoms with E-state index in [2.05, 4.69) is 10.3 Å². The second-order valence-electron chi connectivity index (χ2n) is 4.63. The summed E-state index contributed by atoms with van der Waals surface area (Å²) in [6.07, 6.45) is 0. The summed E-state index contributed by atoms with van der Waals surface area (Å²) in [5.41, 5.74) is -1.07. The van der Waals surface area contributed by atoms with Crippen molar-refractivity contribution in [1.29, 1.82) is 0 Å². The van der Waals surface area contributed by atoms with Crippen LogP contribution in [0.15, 0.2) is 4.99 Å². The average molecular weight is 310 g/mol. The monoisotopic (exact) mass is 310 g/mol. The molecule has 1 N–H and O–H groups in total. The van der Waals surface area contributed by atoms with Gasteiger partial charge in [-0.15, -0.1) is 0 Å². The second kappa shape index (κ2) is 5.59. The van der Waals surface area contributed by atoms with Crippen molar-refractivity contribution in [2.75, 3.05) is 11.1 Å². The van der Waals surface area contributed by atoms with Crippen LogP contribution in [0.3, 0.4) is 0 Å². The molecule has 20 heavy (non-hydrogen) atoms. The summed E-state index contributed by atoms with van der Waals surface area (Å²) in [5, 5.41) is 2.33. The summed E-state index contributed by atoms with van der Waals surface area (Å²) in [7, 11) is 0. The molecule has 1 heterocycles. The van der Waals surface area contributed by atoms with Crippen LogP contribution in [0.1, 0.15) is 13.8 Å². The molecule has 2 nitrogen and oxygen atoms in total. The number of halogens is 5. The molecule has 1 aliphatic rings. The first-order chi connectivity index (χ1) is 9.32. The Kier molecular flexibility index (Phi) is 4.22. The normalized spacial score (nSPS) is 18.6. The average Bonchev–Trinajstić information content (AvgIpc) is 2.88. The van der Waals surface area contributed by atoms with E-state index in [4.69, 9.17) is 0 Å². The lowest BCUT2D eigenvalue weighted by atomic mass is 10.1. The maximum Gasteiger partial charge on any atom is 0.200 e. The Bertz CT molecular complexity index is 544. The molecule has 1 aliphatic heterocycles. The Morgan fingerprint density at radius 1 is 1.00 bits per heavy atom. The quantitative estimate of drug-likeness (QED) is 0.508. The highest BCUT2D eigenvalue weighted by Gasteiger charge is 2.28. The van der Waals surface area contributed by atoms with Crippen LogP contribution in [0.25, 0.3) is 0 Å². The number of hydrogen-bond acceptors (Lipinski definition) is 3. The molecule has 1 atom stereocenters. The van der Waals surface area contributed by atoms with Gasteiger partial charge in [-0.1, -0.05) is 25.6 Å². The molecule has 0 amide bonds. The van der Waals surface area contributed by atoms with Gasteiger partial charge in [0, 0.05) is 5.75 Å². The van der Waals surface area contributed by atoms with Crippen molar-refractivity contribution >= 4 is 22.6 Å². The predicted molar refractivity (Wildman–Crippen MR) is 68.4 cm³/mol. The maximum atomic E-state index is 13.5. The standard InChI is InChI=1S/C12H11F5N2S/c1-4(2)5-3-20-12(18-5)19-11-9(16)7(14)6(13)8(15)10(11)17/h4-5H,3H2,1-2H3,(H,18,19)/t5-/m1/s1. The molecule has 0 radical (unpaired) electrons. The van der Waals surface area contributed by atoms with E-state index in [1.165, 1.54) is 11.8 Å². The molecule has 0 spiro atoms. The smallest absolute Gasteiger partial charge is 0.200 e. The molecule has 0 saturated carbocycles. The molecule has 2 rings (SSSR count). The zero-order valence-corrected chi connectivity index (χ0v) is 11.4. The Balaban J connectivity index is 2.34. The molecule has 8 heteroatoms. The van der Waals surface area contributed by atoms with Crippen LogP contribution in [0.2, 0.25) is 0 Å². The van der Waals surface area contributed by atoms with E-state index in [0.29, 0.717) is 5.75 Å². The van der Waals surface area contributed by atoms with Gasteiger partial charge in [0.15, 0.2) is 28.4 Å². The van der Waals surface area contributed by atoms with Gasteiger partial charge in [-0.05, 0) is 5.92 Å².